The Morgan fingerprint density at radius 2 is 2.27 bits per heavy atom. The zero-order valence-electron chi connectivity index (χ0n) is 8.64. The molecule has 1 saturated heterocycles. The highest BCUT2D eigenvalue weighted by Crippen LogP contribution is 2.18. The summed E-state index contributed by atoms with van der Waals surface area (Å²) in [6, 6.07) is 0. The summed E-state index contributed by atoms with van der Waals surface area (Å²) in [6.07, 6.45) is 1.15. The number of hydrogen-bond donors (Lipinski definition) is 2. The molecule has 7 heteroatoms. The topological polar surface area (TPSA) is 86.7 Å². The molecular formula is C8H16N2O4S. The van der Waals surface area contributed by atoms with Crippen LogP contribution in [0.25, 0.3) is 0 Å². The van der Waals surface area contributed by atoms with Gasteiger partial charge in [0.15, 0.2) is 0 Å². The Hall–Kier alpha value is -0.660. The van der Waals surface area contributed by atoms with Crippen molar-refractivity contribution in [2.24, 2.45) is 5.92 Å². The minimum absolute atomic E-state index is 0.0741. The molecule has 0 bridgehead atoms. The van der Waals surface area contributed by atoms with Crippen LogP contribution in [0.3, 0.4) is 0 Å². The van der Waals surface area contributed by atoms with Crippen molar-refractivity contribution in [3.8, 4) is 0 Å². The molecule has 1 aliphatic rings. The van der Waals surface area contributed by atoms with E-state index in [0.29, 0.717) is 25.9 Å². The molecule has 0 aliphatic carbocycles. The summed E-state index contributed by atoms with van der Waals surface area (Å²) >= 11 is 0. The fourth-order valence-corrected chi connectivity index (χ4v) is 2.93. The summed E-state index contributed by atoms with van der Waals surface area (Å²) in [6.45, 7) is 2.48. The van der Waals surface area contributed by atoms with Crippen molar-refractivity contribution in [2.75, 3.05) is 19.6 Å². The highest BCUT2D eigenvalue weighted by Gasteiger charge is 2.31. The molecule has 15 heavy (non-hydrogen) atoms. The van der Waals surface area contributed by atoms with Crippen LogP contribution in [0.2, 0.25) is 0 Å². The van der Waals surface area contributed by atoms with Gasteiger partial charge in [-0.05, 0) is 12.8 Å². The molecule has 1 atom stereocenters. The molecule has 1 heterocycles. The summed E-state index contributed by atoms with van der Waals surface area (Å²) < 4.78 is 26.7. The molecule has 0 radical (unpaired) electrons. The Labute approximate surface area is 89.4 Å². The van der Waals surface area contributed by atoms with Crippen LogP contribution in [0, 0.1) is 5.92 Å². The average Bonchev–Trinajstić information content (AvgIpc) is 2.18. The minimum atomic E-state index is -3.48. The van der Waals surface area contributed by atoms with E-state index in [1.165, 1.54) is 4.31 Å². The smallest absolute Gasteiger partial charge is 0.307 e. The molecule has 0 saturated carbocycles. The zero-order chi connectivity index (χ0) is 11.5. The lowest BCUT2D eigenvalue weighted by Gasteiger charge is -2.29. The van der Waals surface area contributed by atoms with Crippen molar-refractivity contribution in [3.63, 3.8) is 0 Å². The van der Waals surface area contributed by atoms with Gasteiger partial charge in [-0.3, -0.25) is 4.79 Å². The van der Waals surface area contributed by atoms with Gasteiger partial charge in [0.05, 0.1) is 5.92 Å². The van der Waals surface area contributed by atoms with Crippen molar-refractivity contribution < 1.29 is 18.3 Å². The van der Waals surface area contributed by atoms with Crippen molar-refractivity contribution >= 4 is 16.2 Å². The maximum Gasteiger partial charge on any atom is 0.307 e. The van der Waals surface area contributed by atoms with Gasteiger partial charge in [-0.2, -0.15) is 12.7 Å². The molecule has 0 unspecified atom stereocenters. The van der Waals surface area contributed by atoms with Crippen molar-refractivity contribution in [1.29, 1.82) is 0 Å². The van der Waals surface area contributed by atoms with Crippen LogP contribution in [-0.4, -0.2) is 43.4 Å². The minimum Gasteiger partial charge on any atom is -0.481 e. The summed E-state index contributed by atoms with van der Waals surface area (Å²) in [5, 5.41) is 8.81. The Kier molecular flexibility index (Phi) is 4.06. The summed E-state index contributed by atoms with van der Waals surface area (Å²) in [5.41, 5.74) is 0. The number of carboxylic acids is 1. The summed E-state index contributed by atoms with van der Waals surface area (Å²) in [5.74, 6) is -1.50. The Morgan fingerprint density at radius 3 is 2.80 bits per heavy atom. The third kappa shape index (κ3) is 3.15. The Balaban J connectivity index is 2.67. The quantitative estimate of drug-likeness (QED) is 0.697. The predicted molar refractivity (Wildman–Crippen MR) is 54.5 cm³/mol. The van der Waals surface area contributed by atoms with Crippen LogP contribution >= 0.6 is 0 Å². The molecule has 0 aromatic heterocycles. The third-order valence-electron chi connectivity index (χ3n) is 2.40. The lowest BCUT2D eigenvalue weighted by Crippen LogP contribution is -2.47. The van der Waals surface area contributed by atoms with Crippen LogP contribution < -0.4 is 4.72 Å². The van der Waals surface area contributed by atoms with E-state index in [1.54, 1.807) is 6.92 Å². The van der Waals surface area contributed by atoms with Gasteiger partial charge in [0.2, 0.25) is 0 Å². The van der Waals surface area contributed by atoms with Gasteiger partial charge >= 0.3 is 5.97 Å². The molecule has 2 N–H and O–H groups in total. The highest BCUT2D eigenvalue weighted by atomic mass is 32.2. The fraction of sp³-hybridized carbons (Fsp3) is 0.875. The second-order valence-electron chi connectivity index (χ2n) is 3.54. The van der Waals surface area contributed by atoms with E-state index >= 15 is 0 Å². The van der Waals surface area contributed by atoms with Gasteiger partial charge in [-0.15, -0.1) is 0 Å². The molecule has 1 fully saturated rings. The maximum absolute atomic E-state index is 11.6. The molecule has 1 rings (SSSR count). The predicted octanol–water partition coefficient (Wildman–Crippen LogP) is -0.363. The van der Waals surface area contributed by atoms with Crippen LogP contribution in [-0.2, 0) is 15.0 Å². The molecule has 88 valence electrons. The second-order valence-corrected chi connectivity index (χ2v) is 5.29. The largest absolute Gasteiger partial charge is 0.481 e. The first kappa shape index (κ1) is 12.4. The molecule has 1 aliphatic heterocycles. The van der Waals surface area contributed by atoms with Crippen molar-refractivity contribution in [1.82, 2.24) is 9.03 Å². The number of rotatable bonds is 4. The summed E-state index contributed by atoms with van der Waals surface area (Å²) in [4.78, 5) is 10.7. The number of hydrogen-bond acceptors (Lipinski definition) is 3. The van der Waals surface area contributed by atoms with E-state index < -0.39 is 22.1 Å². The molecular weight excluding hydrogens is 220 g/mol. The number of carbonyl (C=O) groups is 1. The van der Waals surface area contributed by atoms with Gasteiger partial charge in [0.1, 0.15) is 0 Å². The number of nitrogens with zero attached hydrogens (tertiary/aromatic N) is 1. The van der Waals surface area contributed by atoms with Crippen molar-refractivity contribution in [3.05, 3.63) is 0 Å². The summed E-state index contributed by atoms with van der Waals surface area (Å²) in [7, 11) is -3.48. The van der Waals surface area contributed by atoms with E-state index in [-0.39, 0.29) is 6.54 Å². The zero-order valence-corrected chi connectivity index (χ0v) is 9.46. The molecule has 0 amide bonds. The molecule has 0 aromatic carbocycles. The maximum atomic E-state index is 11.6. The van der Waals surface area contributed by atoms with Crippen LogP contribution in [0.4, 0.5) is 0 Å². The highest BCUT2D eigenvalue weighted by molar-refractivity contribution is 7.87. The van der Waals surface area contributed by atoms with E-state index in [9.17, 15) is 13.2 Å². The lowest BCUT2D eigenvalue weighted by atomic mass is 10.0. The number of aliphatic carboxylic acids is 1. The monoisotopic (exact) mass is 236 g/mol. The van der Waals surface area contributed by atoms with E-state index in [0.717, 1.165) is 0 Å². The van der Waals surface area contributed by atoms with Gasteiger partial charge in [-0.1, -0.05) is 6.92 Å². The van der Waals surface area contributed by atoms with E-state index in [4.69, 9.17) is 5.11 Å². The Bertz CT molecular complexity index is 328. The second kappa shape index (κ2) is 4.91. The standard InChI is InChI=1S/C8H16N2O4S/c1-2-9-15(13,14)10-5-3-4-7(6-10)8(11)12/h7,9H,2-6H2,1H3,(H,11,12)/t7-/m1/s1. The number of piperidine rings is 1. The molecule has 0 spiro atoms. The van der Waals surface area contributed by atoms with Crippen molar-refractivity contribution in [2.45, 2.75) is 19.8 Å². The van der Waals surface area contributed by atoms with Crippen LogP contribution in [0.1, 0.15) is 19.8 Å². The van der Waals surface area contributed by atoms with Gasteiger partial charge in [-0.25, -0.2) is 4.72 Å². The van der Waals surface area contributed by atoms with E-state index in [1.807, 2.05) is 0 Å². The van der Waals surface area contributed by atoms with Crippen LogP contribution in [0.15, 0.2) is 0 Å². The van der Waals surface area contributed by atoms with Gasteiger partial charge < -0.3 is 5.11 Å². The first-order valence-corrected chi connectivity index (χ1v) is 6.39. The SMILES string of the molecule is CCNS(=O)(=O)N1CCC[C@@H](C(=O)O)C1. The van der Waals surface area contributed by atoms with Gasteiger partial charge in [0, 0.05) is 19.6 Å². The van der Waals surface area contributed by atoms with E-state index in [2.05, 4.69) is 4.72 Å². The van der Waals surface area contributed by atoms with Gasteiger partial charge in [0.25, 0.3) is 10.2 Å². The first-order chi connectivity index (χ1) is 6.97. The fourth-order valence-electron chi connectivity index (χ4n) is 1.64. The molecule has 6 nitrogen and oxygen atoms in total. The average molecular weight is 236 g/mol. The normalized spacial score (nSPS) is 23.9. The molecule has 0 aromatic rings. The number of nitrogens with one attached hydrogen (secondary N) is 1. The Morgan fingerprint density at radius 1 is 1.60 bits per heavy atom. The first-order valence-electron chi connectivity index (χ1n) is 4.95. The lowest BCUT2D eigenvalue weighted by molar-refractivity contribution is -0.142. The number of carboxylic acid groups (broad SMARTS) is 1. The van der Waals surface area contributed by atoms with Crippen LogP contribution in [0.5, 0.6) is 0 Å². The third-order valence-corrected chi connectivity index (χ3v) is 4.06.